The number of nitrogens with one attached hydrogen (secondary N) is 2. The Hall–Kier alpha value is -0.980. The molecule has 0 fully saturated rings. The second-order valence-corrected chi connectivity index (χ2v) is 5.77. The van der Waals surface area contributed by atoms with Crippen molar-refractivity contribution in [2.45, 2.75) is 39.7 Å². The van der Waals surface area contributed by atoms with Crippen LogP contribution < -0.4 is 15.4 Å². The average Bonchev–Trinajstić information content (AvgIpc) is 2.50. The van der Waals surface area contributed by atoms with Gasteiger partial charge in [-0.05, 0) is 24.5 Å². The molecule has 2 atom stereocenters. The summed E-state index contributed by atoms with van der Waals surface area (Å²) in [7, 11) is 3.51. The van der Waals surface area contributed by atoms with Crippen molar-refractivity contribution in [2.75, 3.05) is 20.7 Å². The smallest absolute Gasteiger partial charge is 0.191 e. The van der Waals surface area contributed by atoms with Gasteiger partial charge in [0.25, 0.3) is 0 Å². The number of ether oxygens (including phenoxy) is 1. The summed E-state index contributed by atoms with van der Waals surface area (Å²) < 4.78 is 5.42. The van der Waals surface area contributed by atoms with Crippen molar-refractivity contribution in [3.63, 3.8) is 0 Å². The first kappa shape index (κ1) is 21.0. The van der Waals surface area contributed by atoms with Crippen molar-refractivity contribution in [1.29, 1.82) is 0 Å². The molecule has 0 aliphatic carbocycles. The van der Waals surface area contributed by atoms with Gasteiger partial charge in [-0.25, -0.2) is 0 Å². The van der Waals surface area contributed by atoms with Crippen LogP contribution in [0.5, 0.6) is 5.75 Å². The molecular formula is C17H30IN3O. The highest BCUT2D eigenvalue weighted by Gasteiger charge is 2.13. The van der Waals surface area contributed by atoms with Crippen LogP contribution >= 0.6 is 24.0 Å². The summed E-state index contributed by atoms with van der Waals surface area (Å²) in [5.74, 6) is 2.69. The number of hydrogen-bond acceptors (Lipinski definition) is 2. The number of rotatable bonds is 6. The quantitative estimate of drug-likeness (QED) is 0.421. The first-order valence-corrected chi connectivity index (χ1v) is 7.59. The molecule has 0 bridgehead atoms. The average molecular weight is 419 g/mol. The van der Waals surface area contributed by atoms with Gasteiger partial charge in [-0.1, -0.05) is 39.0 Å². The van der Waals surface area contributed by atoms with Crippen molar-refractivity contribution in [3.8, 4) is 5.75 Å². The van der Waals surface area contributed by atoms with Gasteiger partial charge in [0.2, 0.25) is 0 Å². The Morgan fingerprint density at radius 3 is 2.36 bits per heavy atom. The van der Waals surface area contributed by atoms with E-state index >= 15 is 0 Å². The third kappa shape index (κ3) is 6.42. The minimum atomic E-state index is 0. The van der Waals surface area contributed by atoms with Crippen molar-refractivity contribution < 1.29 is 4.74 Å². The van der Waals surface area contributed by atoms with E-state index in [1.807, 2.05) is 18.2 Å². The fourth-order valence-electron chi connectivity index (χ4n) is 2.01. The highest BCUT2D eigenvalue weighted by molar-refractivity contribution is 14.0. The van der Waals surface area contributed by atoms with E-state index in [0.717, 1.165) is 18.3 Å². The van der Waals surface area contributed by atoms with Gasteiger partial charge in [0.15, 0.2) is 5.96 Å². The van der Waals surface area contributed by atoms with Crippen LogP contribution in [0.1, 0.15) is 39.2 Å². The third-order valence-corrected chi connectivity index (χ3v) is 3.83. The summed E-state index contributed by atoms with van der Waals surface area (Å²) in [6, 6.07) is 8.53. The Balaban J connectivity index is 0.00000441. The highest BCUT2D eigenvalue weighted by atomic mass is 127. The van der Waals surface area contributed by atoms with E-state index in [9.17, 15) is 0 Å². The fraction of sp³-hybridized carbons (Fsp3) is 0.588. The van der Waals surface area contributed by atoms with Gasteiger partial charge in [0.05, 0.1) is 7.11 Å². The summed E-state index contributed by atoms with van der Waals surface area (Å²) in [6.45, 7) is 9.56. The van der Waals surface area contributed by atoms with E-state index < -0.39 is 0 Å². The number of hydrogen-bond donors (Lipinski definition) is 2. The monoisotopic (exact) mass is 419 g/mol. The number of methoxy groups -OCH3 is 1. The largest absolute Gasteiger partial charge is 0.496 e. The molecule has 22 heavy (non-hydrogen) atoms. The zero-order chi connectivity index (χ0) is 15.8. The number of aliphatic imine (C=N–C) groups is 1. The van der Waals surface area contributed by atoms with E-state index in [1.54, 1.807) is 14.2 Å². The molecule has 1 rings (SSSR count). The molecule has 1 aromatic rings. The van der Waals surface area contributed by atoms with E-state index in [2.05, 4.69) is 49.4 Å². The molecule has 0 amide bonds. The minimum absolute atomic E-state index is 0. The maximum absolute atomic E-state index is 5.42. The summed E-state index contributed by atoms with van der Waals surface area (Å²) in [6.07, 6.45) is 0. The van der Waals surface area contributed by atoms with Gasteiger partial charge in [-0.15, -0.1) is 24.0 Å². The lowest BCUT2D eigenvalue weighted by Crippen LogP contribution is -2.45. The highest BCUT2D eigenvalue weighted by Crippen LogP contribution is 2.25. The van der Waals surface area contributed by atoms with Crippen LogP contribution in [0.25, 0.3) is 0 Å². The molecule has 0 aliphatic rings. The van der Waals surface area contributed by atoms with Crippen molar-refractivity contribution in [2.24, 2.45) is 10.9 Å². The Morgan fingerprint density at radius 1 is 1.18 bits per heavy atom. The number of para-hydroxylation sites is 1. The molecule has 0 saturated heterocycles. The van der Waals surface area contributed by atoms with Crippen LogP contribution in [0, 0.1) is 5.92 Å². The predicted molar refractivity (Wildman–Crippen MR) is 106 cm³/mol. The zero-order valence-electron chi connectivity index (χ0n) is 14.5. The van der Waals surface area contributed by atoms with Crippen LogP contribution in [0.2, 0.25) is 0 Å². The molecule has 2 N–H and O–H groups in total. The molecule has 0 aromatic heterocycles. The normalized spacial score (nSPS) is 14.0. The lowest BCUT2D eigenvalue weighted by molar-refractivity contribution is 0.406. The van der Waals surface area contributed by atoms with Gasteiger partial charge in [0.1, 0.15) is 5.75 Å². The molecular weight excluding hydrogens is 389 g/mol. The SMILES string of the molecule is CN=C(NCC(C)c1ccccc1OC)NC(C)C(C)C.I. The van der Waals surface area contributed by atoms with Gasteiger partial charge in [-0.2, -0.15) is 0 Å². The predicted octanol–water partition coefficient (Wildman–Crippen LogP) is 3.63. The minimum Gasteiger partial charge on any atom is -0.496 e. The van der Waals surface area contributed by atoms with Gasteiger partial charge >= 0.3 is 0 Å². The summed E-state index contributed by atoms with van der Waals surface area (Å²) in [4.78, 5) is 4.28. The van der Waals surface area contributed by atoms with E-state index in [4.69, 9.17) is 4.74 Å². The Labute approximate surface area is 152 Å². The maximum atomic E-state index is 5.42. The van der Waals surface area contributed by atoms with E-state index in [-0.39, 0.29) is 24.0 Å². The van der Waals surface area contributed by atoms with E-state index in [0.29, 0.717) is 17.9 Å². The molecule has 126 valence electrons. The number of halogens is 1. The number of nitrogens with zero attached hydrogens (tertiary/aromatic N) is 1. The first-order valence-electron chi connectivity index (χ1n) is 7.59. The fourth-order valence-corrected chi connectivity index (χ4v) is 2.01. The standard InChI is InChI=1S/C17H29N3O.HI/c1-12(2)14(4)20-17(18-5)19-11-13(3)15-9-7-8-10-16(15)21-6;/h7-10,12-14H,11H2,1-6H3,(H2,18,19,20);1H. The summed E-state index contributed by atoms with van der Waals surface area (Å²) in [5, 5.41) is 6.80. The maximum Gasteiger partial charge on any atom is 0.191 e. The molecule has 4 nitrogen and oxygen atoms in total. The molecule has 0 saturated carbocycles. The molecule has 1 aromatic carbocycles. The lowest BCUT2D eigenvalue weighted by Gasteiger charge is -2.22. The summed E-state index contributed by atoms with van der Waals surface area (Å²) in [5.41, 5.74) is 1.21. The van der Waals surface area contributed by atoms with Crippen LogP contribution in [0.4, 0.5) is 0 Å². The molecule has 5 heteroatoms. The zero-order valence-corrected chi connectivity index (χ0v) is 16.8. The van der Waals surface area contributed by atoms with Crippen LogP contribution in [0.3, 0.4) is 0 Å². The number of guanidine groups is 1. The summed E-state index contributed by atoms with van der Waals surface area (Å²) >= 11 is 0. The molecule has 0 radical (unpaired) electrons. The second-order valence-electron chi connectivity index (χ2n) is 5.77. The Morgan fingerprint density at radius 2 is 1.82 bits per heavy atom. The van der Waals surface area contributed by atoms with Gasteiger partial charge in [-0.3, -0.25) is 4.99 Å². The molecule has 0 aliphatic heterocycles. The van der Waals surface area contributed by atoms with Gasteiger partial charge < -0.3 is 15.4 Å². The molecule has 2 unspecified atom stereocenters. The first-order chi connectivity index (χ1) is 9.99. The second kappa shape index (κ2) is 10.7. The Kier molecular flexibility index (Phi) is 10.2. The lowest BCUT2D eigenvalue weighted by atomic mass is 10.00. The molecule has 0 spiro atoms. The van der Waals surface area contributed by atoms with Gasteiger partial charge in [0, 0.05) is 25.6 Å². The van der Waals surface area contributed by atoms with Crippen LogP contribution in [-0.4, -0.2) is 32.7 Å². The topological polar surface area (TPSA) is 45.7 Å². The third-order valence-electron chi connectivity index (χ3n) is 3.83. The van der Waals surface area contributed by atoms with Crippen LogP contribution in [-0.2, 0) is 0 Å². The van der Waals surface area contributed by atoms with Crippen molar-refractivity contribution >= 4 is 29.9 Å². The number of benzene rings is 1. The van der Waals surface area contributed by atoms with Crippen molar-refractivity contribution in [1.82, 2.24) is 10.6 Å². The molecule has 0 heterocycles. The van der Waals surface area contributed by atoms with Crippen LogP contribution in [0.15, 0.2) is 29.3 Å². The van der Waals surface area contributed by atoms with E-state index in [1.165, 1.54) is 5.56 Å². The Bertz CT molecular complexity index is 463. The van der Waals surface area contributed by atoms with Crippen molar-refractivity contribution in [3.05, 3.63) is 29.8 Å².